The van der Waals surface area contributed by atoms with Gasteiger partial charge < -0.3 is 9.73 Å². The summed E-state index contributed by atoms with van der Waals surface area (Å²) in [5.74, 6) is 0.150. The predicted molar refractivity (Wildman–Crippen MR) is 116 cm³/mol. The lowest BCUT2D eigenvalue weighted by Gasteiger charge is -2.02. The molecule has 1 N–H and O–H groups in total. The van der Waals surface area contributed by atoms with Crippen molar-refractivity contribution in [3.63, 3.8) is 0 Å². The molecule has 0 fully saturated rings. The summed E-state index contributed by atoms with van der Waals surface area (Å²) < 4.78 is 7.15. The SMILES string of the molecule is O=C(NCc1cc2ccccc2o1)c1cnc2sc(Cc3ccccc3)cn2c1=O. The van der Waals surface area contributed by atoms with E-state index < -0.39 is 5.91 Å². The van der Waals surface area contributed by atoms with E-state index in [9.17, 15) is 9.59 Å². The first-order chi connectivity index (χ1) is 14.7. The second-order valence-corrected chi connectivity index (χ2v) is 8.02. The minimum absolute atomic E-state index is 0.00710. The molecule has 0 aliphatic heterocycles. The highest BCUT2D eigenvalue weighted by atomic mass is 32.1. The molecule has 1 amide bonds. The summed E-state index contributed by atoms with van der Waals surface area (Å²) in [5.41, 5.74) is 1.54. The number of amides is 1. The Morgan fingerprint density at radius 1 is 1.10 bits per heavy atom. The number of hydrogen-bond acceptors (Lipinski definition) is 5. The average Bonchev–Trinajstić information content (AvgIpc) is 3.37. The molecule has 0 saturated carbocycles. The van der Waals surface area contributed by atoms with Gasteiger partial charge in [-0.2, -0.15) is 0 Å². The molecular formula is C23H17N3O3S. The number of nitrogens with one attached hydrogen (secondary N) is 1. The fourth-order valence-corrected chi connectivity index (χ4v) is 4.32. The smallest absolute Gasteiger partial charge is 0.271 e. The van der Waals surface area contributed by atoms with E-state index in [-0.39, 0.29) is 17.7 Å². The van der Waals surface area contributed by atoms with Gasteiger partial charge in [-0.15, -0.1) is 11.3 Å². The largest absolute Gasteiger partial charge is 0.459 e. The predicted octanol–water partition coefficient (Wildman–Crippen LogP) is 4.02. The fourth-order valence-electron chi connectivity index (χ4n) is 3.35. The van der Waals surface area contributed by atoms with Crippen LogP contribution in [0.3, 0.4) is 0 Å². The van der Waals surface area contributed by atoms with Crippen LogP contribution in [0.1, 0.15) is 26.6 Å². The first kappa shape index (κ1) is 18.3. The maximum absolute atomic E-state index is 12.8. The Balaban J connectivity index is 1.36. The molecule has 30 heavy (non-hydrogen) atoms. The standard InChI is InChI=1S/C23H17N3O3S/c27-21(24-12-17-11-16-8-4-5-9-20(16)29-17)19-13-25-23-26(22(19)28)14-18(30-23)10-15-6-2-1-3-7-15/h1-9,11,13-14H,10,12H2,(H,24,27). The molecule has 148 valence electrons. The van der Waals surface area contributed by atoms with Crippen molar-refractivity contribution in [2.24, 2.45) is 0 Å². The molecule has 0 spiro atoms. The summed E-state index contributed by atoms with van der Waals surface area (Å²) >= 11 is 1.44. The van der Waals surface area contributed by atoms with E-state index in [0.29, 0.717) is 17.1 Å². The molecule has 0 saturated heterocycles. The number of benzene rings is 2. The molecule has 5 rings (SSSR count). The van der Waals surface area contributed by atoms with Crippen LogP contribution >= 0.6 is 11.3 Å². The number of carbonyl (C=O) groups excluding carboxylic acids is 1. The maximum atomic E-state index is 12.8. The number of fused-ring (bicyclic) bond motifs is 2. The summed E-state index contributed by atoms with van der Waals surface area (Å²) in [6, 6.07) is 19.5. The highest BCUT2D eigenvalue weighted by Gasteiger charge is 2.16. The van der Waals surface area contributed by atoms with Crippen LogP contribution < -0.4 is 10.9 Å². The summed E-state index contributed by atoms with van der Waals surface area (Å²) in [6.07, 6.45) is 3.81. The van der Waals surface area contributed by atoms with Gasteiger partial charge in [-0.1, -0.05) is 48.5 Å². The number of para-hydroxylation sites is 1. The van der Waals surface area contributed by atoms with E-state index in [1.165, 1.54) is 21.9 Å². The topological polar surface area (TPSA) is 76.6 Å². The van der Waals surface area contributed by atoms with Gasteiger partial charge in [0.2, 0.25) is 0 Å². The van der Waals surface area contributed by atoms with Crippen LogP contribution in [0.4, 0.5) is 0 Å². The Morgan fingerprint density at radius 2 is 1.90 bits per heavy atom. The lowest BCUT2D eigenvalue weighted by atomic mass is 10.1. The monoisotopic (exact) mass is 415 g/mol. The van der Waals surface area contributed by atoms with Crippen molar-refractivity contribution in [1.29, 1.82) is 0 Å². The molecule has 0 unspecified atom stereocenters. The van der Waals surface area contributed by atoms with Crippen molar-refractivity contribution in [3.05, 3.63) is 105 Å². The average molecular weight is 415 g/mol. The Bertz CT molecular complexity index is 1380. The van der Waals surface area contributed by atoms with Crippen LogP contribution in [0.25, 0.3) is 15.9 Å². The molecule has 3 heterocycles. The Hall–Kier alpha value is -3.71. The van der Waals surface area contributed by atoms with Crippen molar-refractivity contribution in [2.75, 3.05) is 0 Å². The van der Waals surface area contributed by atoms with Gasteiger partial charge in [-0.25, -0.2) is 4.98 Å². The molecule has 7 heteroatoms. The Kier molecular flexibility index (Phi) is 4.65. The van der Waals surface area contributed by atoms with Crippen molar-refractivity contribution in [3.8, 4) is 0 Å². The molecule has 0 bridgehead atoms. The van der Waals surface area contributed by atoms with E-state index in [1.54, 1.807) is 6.20 Å². The number of carbonyl (C=O) groups is 1. The van der Waals surface area contributed by atoms with Gasteiger partial charge >= 0.3 is 0 Å². The number of furan rings is 1. The van der Waals surface area contributed by atoms with Gasteiger partial charge in [0.1, 0.15) is 16.9 Å². The molecule has 6 nitrogen and oxygen atoms in total. The van der Waals surface area contributed by atoms with Crippen LogP contribution in [-0.4, -0.2) is 15.3 Å². The van der Waals surface area contributed by atoms with Gasteiger partial charge in [0, 0.05) is 29.1 Å². The number of rotatable bonds is 5. The van der Waals surface area contributed by atoms with Crippen LogP contribution in [0.15, 0.2) is 82.3 Å². The van der Waals surface area contributed by atoms with Crippen molar-refractivity contribution >= 4 is 33.2 Å². The molecule has 0 aliphatic rings. The third kappa shape index (κ3) is 3.51. The zero-order valence-electron chi connectivity index (χ0n) is 15.9. The number of nitrogens with zero attached hydrogens (tertiary/aromatic N) is 2. The Morgan fingerprint density at radius 3 is 2.73 bits per heavy atom. The molecule has 5 aromatic rings. The van der Waals surface area contributed by atoms with Crippen LogP contribution in [-0.2, 0) is 13.0 Å². The first-order valence-corrected chi connectivity index (χ1v) is 10.3. The van der Waals surface area contributed by atoms with Crippen molar-refractivity contribution in [1.82, 2.24) is 14.7 Å². The maximum Gasteiger partial charge on any atom is 0.271 e. The van der Waals surface area contributed by atoms with E-state index in [1.807, 2.05) is 60.7 Å². The Labute approximate surface area is 175 Å². The first-order valence-electron chi connectivity index (χ1n) is 9.47. The zero-order chi connectivity index (χ0) is 20.5. The summed E-state index contributed by atoms with van der Waals surface area (Å²) in [4.78, 5) is 31.3. The van der Waals surface area contributed by atoms with Gasteiger partial charge in [0.15, 0.2) is 4.96 Å². The van der Waals surface area contributed by atoms with E-state index in [0.717, 1.165) is 21.4 Å². The lowest BCUT2D eigenvalue weighted by molar-refractivity contribution is 0.0946. The number of aromatic nitrogens is 2. The van der Waals surface area contributed by atoms with E-state index in [2.05, 4.69) is 10.3 Å². The minimum Gasteiger partial charge on any atom is -0.459 e. The molecule has 0 radical (unpaired) electrons. The normalized spacial score (nSPS) is 11.2. The van der Waals surface area contributed by atoms with Gasteiger partial charge in [0.25, 0.3) is 11.5 Å². The van der Waals surface area contributed by atoms with Crippen molar-refractivity contribution < 1.29 is 9.21 Å². The number of hydrogen-bond donors (Lipinski definition) is 1. The second-order valence-electron chi connectivity index (χ2n) is 6.92. The third-order valence-corrected chi connectivity index (χ3v) is 5.82. The minimum atomic E-state index is -0.474. The summed E-state index contributed by atoms with van der Waals surface area (Å²) in [7, 11) is 0. The second kappa shape index (κ2) is 7.61. The van der Waals surface area contributed by atoms with Gasteiger partial charge in [0.05, 0.1) is 6.54 Å². The van der Waals surface area contributed by atoms with E-state index >= 15 is 0 Å². The summed E-state index contributed by atoms with van der Waals surface area (Å²) in [5, 5.41) is 3.71. The van der Waals surface area contributed by atoms with Crippen LogP contribution in [0.2, 0.25) is 0 Å². The van der Waals surface area contributed by atoms with Crippen LogP contribution in [0.5, 0.6) is 0 Å². The fraction of sp³-hybridized carbons (Fsp3) is 0.0870. The molecule has 2 aromatic carbocycles. The van der Waals surface area contributed by atoms with Gasteiger partial charge in [-0.05, 0) is 17.7 Å². The third-order valence-electron chi connectivity index (χ3n) is 4.82. The molecular weight excluding hydrogens is 398 g/mol. The molecule has 3 aromatic heterocycles. The highest BCUT2D eigenvalue weighted by Crippen LogP contribution is 2.20. The number of thiazole rings is 1. The van der Waals surface area contributed by atoms with Crippen LogP contribution in [0, 0.1) is 0 Å². The zero-order valence-corrected chi connectivity index (χ0v) is 16.7. The quantitative estimate of drug-likeness (QED) is 0.470. The molecule has 0 atom stereocenters. The van der Waals surface area contributed by atoms with Gasteiger partial charge in [-0.3, -0.25) is 14.0 Å². The van der Waals surface area contributed by atoms with Crippen molar-refractivity contribution in [2.45, 2.75) is 13.0 Å². The highest BCUT2D eigenvalue weighted by molar-refractivity contribution is 7.17. The molecule has 0 aliphatic carbocycles. The summed E-state index contributed by atoms with van der Waals surface area (Å²) in [6.45, 7) is 0.193. The van der Waals surface area contributed by atoms with E-state index in [4.69, 9.17) is 4.42 Å². The lowest BCUT2D eigenvalue weighted by Crippen LogP contribution is -2.30.